The zero-order valence-electron chi connectivity index (χ0n) is 10.8. The fourth-order valence-electron chi connectivity index (χ4n) is 2.04. The summed E-state index contributed by atoms with van der Waals surface area (Å²) < 4.78 is 10.6. The van der Waals surface area contributed by atoms with Gasteiger partial charge in [-0.05, 0) is 18.2 Å². The van der Waals surface area contributed by atoms with Gasteiger partial charge in [-0.2, -0.15) is 0 Å². The van der Waals surface area contributed by atoms with Gasteiger partial charge < -0.3 is 15.2 Å². The monoisotopic (exact) mass is 257 g/mol. The number of para-hydroxylation sites is 1. The van der Waals surface area contributed by atoms with Crippen LogP contribution < -0.4 is 15.2 Å². The van der Waals surface area contributed by atoms with Crippen molar-refractivity contribution in [3.8, 4) is 22.6 Å². The van der Waals surface area contributed by atoms with E-state index in [0.29, 0.717) is 28.3 Å². The average molecular weight is 257 g/mol. The second-order valence-electron chi connectivity index (χ2n) is 3.97. The lowest BCUT2D eigenvalue weighted by Gasteiger charge is -2.16. The Labute approximate surface area is 111 Å². The van der Waals surface area contributed by atoms with Gasteiger partial charge in [-0.1, -0.05) is 18.2 Å². The number of hydrogen-bond acceptors (Lipinski definition) is 4. The lowest BCUT2D eigenvalue weighted by Crippen LogP contribution is -1.99. The van der Waals surface area contributed by atoms with Crippen LogP contribution in [0.25, 0.3) is 11.1 Å². The Morgan fingerprint density at radius 2 is 1.79 bits per heavy atom. The number of carbonyl (C=O) groups excluding carboxylic acids is 1. The molecule has 0 aliphatic rings. The molecule has 0 heterocycles. The zero-order chi connectivity index (χ0) is 13.8. The van der Waals surface area contributed by atoms with Gasteiger partial charge in [-0.25, -0.2) is 0 Å². The fraction of sp³-hybridized carbons (Fsp3) is 0.133. The molecule has 0 atom stereocenters. The minimum atomic E-state index is 0.505. The van der Waals surface area contributed by atoms with E-state index in [9.17, 15) is 4.79 Å². The van der Waals surface area contributed by atoms with Crippen molar-refractivity contribution in [3.05, 3.63) is 42.0 Å². The minimum Gasteiger partial charge on any atom is -0.493 e. The Hall–Kier alpha value is -2.49. The molecular weight excluding hydrogens is 242 g/mol. The van der Waals surface area contributed by atoms with Gasteiger partial charge in [0, 0.05) is 22.4 Å². The summed E-state index contributed by atoms with van der Waals surface area (Å²) in [5.41, 5.74) is 8.47. The van der Waals surface area contributed by atoms with Gasteiger partial charge in [-0.3, -0.25) is 4.79 Å². The molecule has 0 saturated carbocycles. The highest BCUT2D eigenvalue weighted by Crippen LogP contribution is 2.41. The van der Waals surface area contributed by atoms with Crippen LogP contribution in [0.1, 0.15) is 10.4 Å². The summed E-state index contributed by atoms with van der Waals surface area (Å²) in [6, 6.07) is 10.7. The van der Waals surface area contributed by atoms with Gasteiger partial charge in [0.25, 0.3) is 0 Å². The van der Waals surface area contributed by atoms with Crippen molar-refractivity contribution in [2.24, 2.45) is 0 Å². The van der Waals surface area contributed by atoms with Crippen LogP contribution in [0.4, 0.5) is 5.69 Å². The predicted octanol–water partition coefficient (Wildman–Crippen LogP) is 2.77. The van der Waals surface area contributed by atoms with Crippen molar-refractivity contribution in [1.29, 1.82) is 0 Å². The maximum Gasteiger partial charge on any atom is 0.169 e. The predicted molar refractivity (Wildman–Crippen MR) is 74.8 cm³/mol. The maximum absolute atomic E-state index is 11.2. The van der Waals surface area contributed by atoms with Crippen LogP contribution in [-0.4, -0.2) is 20.5 Å². The number of carbonyl (C=O) groups is 1. The first-order valence-corrected chi connectivity index (χ1v) is 5.78. The van der Waals surface area contributed by atoms with E-state index in [1.807, 2.05) is 18.2 Å². The topological polar surface area (TPSA) is 61.5 Å². The van der Waals surface area contributed by atoms with Gasteiger partial charge in [0.1, 0.15) is 0 Å². The van der Waals surface area contributed by atoms with Crippen molar-refractivity contribution in [3.63, 3.8) is 0 Å². The zero-order valence-corrected chi connectivity index (χ0v) is 10.8. The summed E-state index contributed by atoms with van der Waals surface area (Å²) in [6.07, 6.45) is 0.781. The lowest BCUT2D eigenvalue weighted by atomic mass is 9.97. The van der Waals surface area contributed by atoms with Crippen molar-refractivity contribution in [1.82, 2.24) is 0 Å². The fourth-order valence-corrected chi connectivity index (χ4v) is 2.04. The van der Waals surface area contributed by atoms with Crippen LogP contribution >= 0.6 is 0 Å². The number of nitrogen functional groups attached to an aromatic ring is 1. The number of aldehydes is 1. The third-order valence-electron chi connectivity index (χ3n) is 2.93. The number of ether oxygens (including phenoxy) is 2. The van der Waals surface area contributed by atoms with Gasteiger partial charge >= 0.3 is 0 Å². The molecule has 0 spiro atoms. The molecule has 0 radical (unpaired) electrons. The Morgan fingerprint density at radius 3 is 2.37 bits per heavy atom. The number of benzene rings is 2. The van der Waals surface area contributed by atoms with E-state index >= 15 is 0 Å². The molecule has 0 bridgehead atoms. The molecule has 2 aromatic carbocycles. The third kappa shape index (κ3) is 2.25. The largest absolute Gasteiger partial charge is 0.493 e. The molecule has 0 fully saturated rings. The van der Waals surface area contributed by atoms with E-state index in [1.54, 1.807) is 25.3 Å². The first kappa shape index (κ1) is 13.0. The highest BCUT2D eigenvalue weighted by Gasteiger charge is 2.17. The van der Waals surface area contributed by atoms with Crippen molar-refractivity contribution in [2.75, 3.05) is 20.0 Å². The average Bonchev–Trinajstić information content (AvgIpc) is 2.46. The quantitative estimate of drug-likeness (QED) is 0.675. The van der Waals surface area contributed by atoms with E-state index in [4.69, 9.17) is 15.2 Å². The van der Waals surface area contributed by atoms with Gasteiger partial charge in [0.05, 0.1) is 14.2 Å². The third-order valence-corrected chi connectivity index (χ3v) is 2.93. The molecular formula is C15H15NO3. The molecule has 4 nitrogen and oxygen atoms in total. The number of rotatable bonds is 4. The second kappa shape index (κ2) is 5.44. The van der Waals surface area contributed by atoms with E-state index in [1.165, 1.54) is 7.11 Å². The summed E-state index contributed by atoms with van der Waals surface area (Å²) in [5, 5.41) is 0. The molecule has 98 valence electrons. The molecule has 2 aromatic rings. The van der Waals surface area contributed by atoms with E-state index in [2.05, 4.69) is 0 Å². The Kier molecular flexibility index (Phi) is 3.71. The van der Waals surface area contributed by atoms with Crippen LogP contribution in [-0.2, 0) is 0 Å². The Balaban J connectivity index is 2.79. The minimum absolute atomic E-state index is 0.505. The van der Waals surface area contributed by atoms with Crippen molar-refractivity contribution < 1.29 is 14.3 Å². The van der Waals surface area contributed by atoms with Crippen LogP contribution in [0.2, 0.25) is 0 Å². The first-order chi connectivity index (χ1) is 9.22. The smallest absolute Gasteiger partial charge is 0.169 e. The van der Waals surface area contributed by atoms with Crippen LogP contribution in [0.5, 0.6) is 11.5 Å². The second-order valence-corrected chi connectivity index (χ2v) is 3.97. The van der Waals surface area contributed by atoms with Crippen LogP contribution in [0.3, 0.4) is 0 Å². The highest BCUT2D eigenvalue weighted by molar-refractivity contribution is 5.95. The molecule has 0 saturated heterocycles. The molecule has 0 amide bonds. The number of nitrogens with two attached hydrogens (primary N) is 1. The van der Waals surface area contributed by atoms with E-state index < -0.39 is 0 Å². The SMILES string of the molecule is COc1ccc(C=O)c(-c2ccccc2N)c1OC. The molecule has 19 heavy (non-hydrogen) atoms. The van der Waals surface area contributed by atoms with Crippen LogP contribution in [0, 0.1) is 0 Å². The first-order valence-electron chi connectivity index (χ1n) is 5.78. The van der Waals surface area contributed by atoms with Gasteiger partial charge in [0.15, 0.2) is 17.8 Å². The van der Waals surface area contributed by atoms with Gasteiger partial charge in [0.2, 0.25) is 0 Å². The standard InChI is InChI=1S/C15H15NO3/c1-18-13-8-7-10(9-17)14(15(13)19-2)11-5-3-4-6-12(11)16/h3-9H,16H2,1-2H3. The van der Waals surface area contributed by atoms with E-state index in [0.717, 1.165) is 11.8 Å². The lowest BCUT2D eigenvalue weighted by molar-refractivity contribution is 0.112. The Morgan fingerprint density at radius 1 is 1.05 bits per heavy atom. The molecule has 0 aromatic heterocycles. The van der Waals surface area contributed by atoms with Crippen molar-refractivity contribution in [2.45, 2.75) is 0 Å². The number of methoxy groups -OCH3 is 2. The summed E-state index contributed by atoms with van der Waals surface area (Å²) in [6.45, 7) is 0. The molecule has 0 aliphatic heterocycles. The molecule has 0 unspecified atom stereocenters. The molecule has 4 heteroatoms. The van der Waals surface area contributed by atoms with E-state index in [-0.39, 0.29) is 0 Å². The summed E-state index contributed by atoms with van der Waals surface area (Å²) in [7, 11) is 3.09. The summed E-state index contributed by atoms with van der Waals surface area (Å²) >= 11 is 0. The summed E-state index contributed by atoms with van der Waals surface area (Å²) in [4.78, 5) is 11.2. The maximum atomic E-state index is 11.2. The highest BCUT2D eigenvalue weighted by atomic mass is 16.5. The van der Waals surface area contributed by atoms with Crippen molar-refractivity contribution >= 4 is 12.0 Å². The summed E-state index contributed by atoms with van der Waals surface area (Å²) in [5.74, 6) is 1.07. The molecule has 0 aliphatic carbocycles. The normalized spacial score (nSPS) is 10.0. The molecule has 2 N–H and O–H groups in total. The molecule has 2 rings (SSSR count). The number of hydrogen-bond donors (Lipinski definition) is 1. The van der Waals surface area contributed by atoms with Gasteiger partial charge in [-0.15, -0.1) is 0 Å². The Bertz CT molecular complexity index is 608. The van der Waals surface area contributed by atoms with Crippen LogP contribution in [0.15, 0.2) is 36.4 Å². The number of anilines is 1.